The van der Waals surface area contributed by atoms with Crippen LogP contribution in [0.1, 0.15) is 22.3 Å². The molecule has 0 saturated heterocycles. The van der Waals surface area contributed by atoms with Crippen molar-refractivity contribution in [1.29, 1.82) is 0 Å². The van der Waals surface area contributed by atoms with Crippen LogP contribution in [0, 0.1) is 0 Å². The maximum atomic E-state index is 6.80. The molecule has 13 rings (SSSR count). The lowest BCUT2D eigenvalue weighted by molar-refractivity contribution is 0.436. The van der Waals surface area contributed by atoms with Crippen molar-refractivity contribution in [3.63, 3.8) is 0 Å². The number of aromatic nitrogens is 5. The highest BCUT2D eigenvalue weighted by Crippen LogP contribution is 2.64. The number of rotatable bonds is 5. The molecule has 3 aromatic heterocycles. The fourth-order valence-corrected chi connectivity index (χ4v) is 10.9. The Hall–Kier alpha value is -8.13. The first-order chi connectivity index (χ1) is 31.2. The highest BCUT2D eigenvalue weighted by molar-refractivity contribution is 7.26. The smallest absolute Gasteiger partial charge is 0.164 e. The van der Waals surface area contributed by atoms with Crippen LogP contribution in [-0.4, -0.2) is 24.9 Å². The maximum Gasteiger partial charge on any atom is 0.164 e. The molecule has 4 heterocycles. The van der Waals surface area contributed by atoms with Gasteiger partial charge in [-0.3, -0.25) is 0 Å². The molecule has 6 nitrogen and oxygen atoms in total. The average molecular weight is 824 g/mol. The summed E-state index contributed by atoms with van der Waals surface area (Å²) < 4.78 is 9.04. The van der Waals surface area contributed by atoms with Gasteiger partial charge in [-0.05, 0) is 46.5 Å². The Morgan fingerprint density at radius 3 is 1.57 bits per heavy atom. The van der Waals surface area contributed by atoms with Crippen molar-refractivity contribution in [2.75, 3.05) is 0 Å². The first kappa shape index (κ1) is 35.6. The molecule has 1 spiro atoms. The molecule has 0 unspecified atom stereocenters. The first-order valence-electron chi connectivity index (χ1n) is 21.0. The van der Waals surface area contributed by atoms with Crippen LogP contribution in [0.4, 0.5) is 0 Å². The molecule has 0 saturated carbocycles. The molecule has 8 aromatic carbocycles. The van der Waals surface area contributed by atoms with Gasteiger partial charge in [0.2, 0.25) is 0 Å². The van der Waals surface area contributed by atoms with E-state index in [2.05, 4.69) is 133 Å². The molecule has 1 aliphatic carbocycles. The quantitative estimate of drug-likeness (QED) is 0.172. The predicted octanol–water partition coefficient (Wildman–Crippen LogP) is 13.8. The van der Waals surface area contributed by atoms with Crippen LogP contribution in [-0.2, 0) is 5.41 Å². The van der Waals surface area contributed by atoms with Crippen LogP contribution in [0.3, 0.4) is 0 Å². The topological polar surface area (TPSA) is 73.7 Å². The molecule has 0 bridgehead atoms. The van der Waals surface area contributed by atoms with Gasteiger partial charge in [0, 0.05) is 49.0 Å². The summed E-state index contributed by atoms with van der Waals surface area (Å²) in [6, 6.07) is 69.5. The molecule has 2 aliphatic rings. The Labute approximate surface area is 366 Å². The van der Waals surface area contributed by atoms with Crippen molar-refractivity contribution in [2.45, 2.75) is 5.41 Å². The number of ether oxygens (including phenoxy) is 1. The SMILES string of the molecule is c1ccc(-c2nc(-c3ccccc3)nc(-c3cccc4c3C3(c5ccccc5Oc5ccccc53)c3cc(-c5nc(-c6ccccc6)nc6c5sc5ccccc56)ccc3-4)n2)cc1. The van der Waals surface area contributed by atoms with Gasteiger partial charge in [-0.1, -0.05) is 176 Å². The highest BCUT2D eigenvalue weighted by atomic mass is 32.1. The molecule has 0 fully saturated rings. The molecule has 7 heteroatoms. The molecule has 11 aromatic rings. The molecule has 63 heavy (non-hydrogen) atoms. The van der Waals surface area contributed by atoms with Gasteiger partial charge in [0.25, 0.3) is 0 Å². The van der Waals surface area contributed by atoms with Crippen LogP contribution in [0.15, 0.2) is 200 Å². The Kier molecular flexibility index (Phi) is 7.89. The lowest BCUT2D eigenvalue weighted by Gasteiger charge is -2.40. The van der Waals surface area contributed by atoms with E-state index in [0.29, 0.717) is 23.3 Å². The third kappa shape index (κ3) is 5.40. The number of nitrogens with zero attached hydrogens (tertiary/aromatic N) is 5. The maximum absolute atomic E-state index is 6.80. The molecule has 0 amide bonds. The van der Waals surface area contributed by atoms with Gasteiger partial charge >= 0.3 is 0 Å². The van der Waals surface area contributed by atoms with Gasteiger partial charge in [-0.15, -0.1) is 11.3 Å². The van der Waals surface area contributed by atoms with Gasteiger partial charge in [-0.25, -0.2) is 24.9 Å². The first-order valence-corrected chi connectivity index (χ1v) is 21.8. The van der Waals surface area contributed by atoms with Gasteiger partial charge in [0.15, 0.2) is 23.3 Å². The number of benzene rings is 8. The number of hydrogen-bond acceptors (Lipinski definition) is 7. The Morgan fingerprint density at radius 1 is 0.381 bits per heavy atom. The predicted molar refractivity (Wildman–Crippen MR) is 253 cm³/mol. The Balaban J connectivity index is 1.12. The summed E-state index contributed by atoms with van der Waals surface area (Å²) in [5.41, 5.74) is 12.4. The summed E-state index contributed by atoms with van der Waals surface area (Å²) in [4.78, 5) is 26.4. The normalized spacial score (nSPS) is 13.0. The van der Waals surface area contributed by atoms with Gasteiger partial charge in [0.1, 0.15) is 11.5 Å². The van der Waals surface area contributed by atoms with Crippen molar-refractivity contribution >= 4 is 31.6 Å². The minimum atomic E-state index is -0.830. The van der Waals surface area contributed by atoms with Crippen LogP contribution in [0.2, 0.25) is 0 Å². The molecule has 294 valence electrons. The van der Waals surface area contributed by atoms with Crippen LogP contribution in [0.25, 0.3) is 88.2 Å². The van der Waals surface area contributed by atoms with E-state index >= 15 is 0 Å². The fourth-order valence-electron chi connectivity index (χ4n) is 9.72. The average Bonchev–Trinajstić information content (AvgIpc) is 3.88. The second kappa shape index (κ2) is 14.0. The molecule has 0 N–H and O–H groups in total. The van der Waals surface area contributed by atoms with E-state index in [-0.39, 0.29) is 0 Å². The third-order valence-corrected chi connectivity index (χ3v) is 13.6. The standard InChI is InChI=1S/C56H33N5OS/c1-4-17-34(18-5-1)52-57-49(51-50(58-52)40-23-10-15-30-47(40)63-51)37-31-32-38-39-24-16-25-41(55-60-53(35-19-6-2-7-20-35)59-54(61-55)36-21-8-3-9-22-36)48(39)56(44(38)33-37)42-26-11-13-28-45(42)62-46-29-14-12-27-43(46)56/h1-33H. The lowest BCUT2D eigenvalue weighted by Crippen LogP contribution is -2.32. The van der Waals surface area contributed by atoms with Crippen LogP contribution < -0.4 is 4.74 Å². The number of para-hydroxylation sites is 2. The minimum Gasteiger partial charge on any atom is -0.457 e. The molecule has 0 radical (unpaired) electrons. The molecule has 0 atom stereocenters. The van der Waals surface area contributed by atoms with E-state index in [1.165, 1.54) is 4.70 Å². The van der Waals surface area contributed by atoms with Crippen molar-refractivity contribution in [3.8, 4) is 79.4 Å². The summed E-state index contributed by atoms with van der Waals surface area (Å²) >= 11 is 1.74. The lowest BCUT2D eigenvalue weighted by atomic mass is 9.65. The summed E-state index contributed by atoms with van der Waals surface area (Å²) in [6.45, 7) is 0. The monoisotopic (exact) mass is 823 g/mol. The van der Waals surface area contributed by atoms with Gasteiger partial charge < -0.3 is 4.74 Å². The highest BCUT2D eigenvalue weighted by Gasteiger charge is 2.52. The number of thiophene rings is 1. The fraction of sp³-hybridized carbons (Fsp3) is 0.0179. The van der Waals surface area contributed by atoms with E-state index in [9.17, 15) is 0 Å². The van der Waals surface area contributed by atoms with Gasteiger partial charge in [0.05, 0.1) is 21.3 Å². The summed E-state index contributed by atoms with van der Waals surface area (Å²) in [5, 5.41) is 1.13. The molecular weight excluding hydrogens is 791 g/mol. The van der Waals surface area contributed by atoms with E-state index in [4.69, 9.17) is 29.7 Å². The Bertz CT molecular complexity index is 3500. The van der Waals surface area contributed by atoms with Crippen LogP contribution in [0.5, 0.6) is 11.5 Å². The summed E-state index contributed by atoms with van der Waals surface area (Å²) in [7, 11) is 0. The Morgan fingerprint density at radius 2 is 0.921 bits per heavy atom. The number of hydrogen-bond donors (Lipinski definition) is 0. The zero-order chi connectivity index (χ0) is 41.5. The zero-order valence-electron chi connectivity index (χ0n) is 33.6. The van der Waals surface area contributed by atoms with E-state index < -0.39 is 5.41 Å². The van der Waals surface area contributed by atoms with Crippen molar-refractivity contribution in [2.24, 2.45) is 0 Å². The zero-order valence-corrected chi connectivity index (χ0v) is 34.4. The van der Waals surface area contributed by atoms with Gasteiger partial charge in [-0.2, -0.15) is 0 Å². The van der Waals surface area contributed by atoms with E-state index in [1.54, 1.807) is 11.3 Å². The van der Waals surface area contributed by atoms with E-state index in [0.717, 1.165) is 94.0 Å². The third-order valence-electron chi connectivity index (χ3n) is 12.4. The summed E-state index contributed by atoms with van der Waals surface area (Å²) in [5.74, 6) is 4.14. The van der Waals surface area contributed by atoms with Crippen molar-refractivity contribution in [1.82, 2.24) is 24.9 Å². The molecular formula is C56H33N5OS. The number of fused-ring (bicyclic) bond motifs is 12. The van der Waals surface area contributed by atoms with E-state index in [1.807, 2.05) is 66.7 Å². The molecule has 1 aliphatic heterocycles. The second-order valence-electron chi connectivity index (χ2n) is 15.9. The largest absolute Gasteiger partial charge is 0.457 e. The summed E-state index contributed by atoms with van der Waals surface area (Å²) in [6.07, 6.45) is 0. The van der Waals surface area contributed by atoms with Crippen LogP contribution >= 0.6 is 11.3 Å². The van der Waals surface area contributed by atoms with Crippen molar-refractivity contribution in [3.05, 3.63) is 222 Å². The second-order valence-corrected chi connectivity index (χ2v) is 17.0. The minimum absolute atomic E-state index is 0.601. The van der Waals surface area contributed by atoms with Crippen molar-refractivity contribution < 1.29 is 4.74 Å².